The van der Waals surface area contributed by atoms with Gasteiger partial charge in [-0.1, -0.05) is 23.8 Å². The fourth-order valence-electron chi connectivity index (χ4n) is 2.65. The lowest BCUT2D eigenvalue weighted by Gasteiger charge is -2.30. The van der Waals surface area contributed by atoms with Gasteiger partial charge in [-0.05, 0) is 49.6 Å². The number of nitrogens with two attached hydrogens (primary N) is 1. The number of nitrogen functional groups attached to an aromatic ring is 1. The number of anilines is 2. The molecule has 0 atom stereocenters. The predicted molar refractivity (Wildman–Crippen MR) is 84.9 cm³/mol. The molecule has 0 aromatic heterocycles. The first-order valence-corrected chi connectivity index (χ1v) is 8.40. The van der Waals surface area contributed by atoms with Gasteiger partial charge in [0.2, 0.25) is 0 Å². The van der Waals surface area contributed by atoms with Crippen LogP contribution in [-0.2, 0) is 16.4 Å². The van der Waals surface area contributed by atoms with Gasteiger partial charge in [0.1, 0.15) is 0 Å². The first-order chi connectivity index (χ1) is 9.98. The minimum atomic E-state index is -3.53. The molecule has 1 aliphatic rings. The Morgan fingerprint density at radius 3 is 2.52 bits per heavy atom. The molecule has 0 saturated carbocycles. The van der Waals surface area contributed by atoms with E-state index >= 15 is 0 Å². The van der Waals surface area contributed by atoms with Crippen molar-refractivity contribution in [2.75, 3.05) is 16.6 Å². The van der Waals surface area contributed by atoms with Crippen LogP contribution < -0.4 is 10.0 Å². The van der Waals surface area contributed by atoms with Crippen LogP contribution in [0.5, 0.6) is 0 Å². The van der Waals surface area contributed by atoms with Crippen LogP contribution in [0.2, 0.25) is 0 Å². The van der Waals surface area contributed by atoms with E-state index in [1.807, 2.05) is 31.2 Å². The molecule has 0 aliphatic carbocycles. The highest BCUT2D eigenvalue weighted by atomic mass is 32.2. The number of hydrogen-bond acceptors (Lipinski definition) is 3. The van der Waals surface area contributed by atoms with Gasteiger partial charge in [-0.15, -0.1) is 0 Å². The molecule has 0 unspecified atom stereocenters. The minimum Gasteiger partial charge on any atom is -0.399 e. The molecule has 2 N–H and O–H groups in total. The second-order valence-corrected chi connectivity index (χ2v) is 7.24. The van der Waals surface area contributed by atoms with E-state index < -0.39 is 10.0 Å². The molecule has 4 nitrogen and oxygen atoms in total. The van der Waals surface area contributed by atoms with Crippen LogP contribution in [0.3, 0.4) is 0 Å². The summed E-state index contributed by atoms with van der Waals surface area (Å²) in [6.07, 6.45) is 1.71. The lowest BCUT2D eigenvalue weighted by atomic mass is 10.0. The molecule has 1 heterocycles. The van der Waals surface area contributed by atoms with Gasteiger partial charge >= 0.3 is 0 Å². The number of sulfonamides is 1. The summed E-state index contributed by atoms with van der Waals surface area (Å²) in [5.74, 6) is 0. The first-order valence-electron chi connectivity index (χ1n) is 6.96. The maximum absolute atomic E-state index is 12.9. The molecule has 2 aromatic rings. The van der Waals surface area contributed by atoms with E-state index in [1.165, 1.54) is 4.31 Å². The summed E-state index contributed by atoms with van der Waals surface area (Å²) < 4.78 is 27.2. The second-order valence-electron chi connectivity index (χ2n) is 5.38. The smallest absolute Gasteiger partial charge is 0.264 e. The van der Waals surface area contributed by atoms with Crippen LogP contribution >= 0.6 is 0 Å². The molecule has 0 spiro atoms. The molecule has 110 valence electrons. The number of benzene rings is 2. The zero-order valence-corrected chi connectivity index (χ0v) is 12.7. The Morgan fingerprint density at radius 1 is 1.10 bits per heavy atom. The lowest BCUT2D eigenvalue weighted by Crippen LogP contribution is -2.35. The Balaban J connectivity index is 2.09. The standard InChI is InChI=1S/C16H18N2O2S/c1-12-4-8-15(9-5-12)21(19,20)18-10-2-3-13-6-7-14(17)11-16(13)18/h4-9,11H,2-3,10,17H2,1H3. The third kappa shape index (κ3) is 2.49. The van der Waals surface area contributed by atoms with Gasteiger partial charge in [-0.2, -0.15) is 0 Å². The van der Waals surface area contributed by atoms with Crippen molar-refractivity contribution in [2.24, 2.45) is 0 Å². The molecule has 0 saturated heterocycles. The monoisotopic (exact) mass is 302 g/mol. The molecular weight excluding hydrogens is 284 g/mol. The van der Waals surface area contributed by atoms with Gasteiger partial charge in [-0.3, -0.25) is 4.31 Å². The molecular formula is C16H18N2O2S. The quantitative estimate of drug-likeness (QED) is 0.868. The Kier molecular flexibility index (Phi) is 3.37. The van der Waals surface area contributed by atoms with E-state index in [0.29, 0.717) is 22.8 Å². The maximum Gasteiger partial charge on any atom is 0.264 e. The number of aryl methyl sites for hydroxylation is 2. The van der Waals surface area contributed by atoms with Crippen molar-refractivity contribution in [1.82, 2.24) is 0 Å². The molecule has 3 rings (SSSR count). The maximum atomic E-state index is 12.9. The predicted octanol–water partition coefficient (Wildman–Crippen LogP) is 2.72. The van der Waals surface area contributed by atoms with Crippen LogP contribution in [0.25, 0.3) is 0 Å². The van der Waals surface area contributed by atoms with Gasteiger partial charge in [0.05, 0.1) is 10.6 Å². The summed E-state index contributed by atoms with van der Waals surface area (Å²) >= 11 is 0. The van der Waals surface area contributed by atoms with Crippen LogP contribution in [0.4, 0.5) is 11.4 Å². The van der Waals surface area contributed by atoms with E-state index in [0.717, 1.165) is 24.0 Å². The van der Waals surface area contributed by atoms with Gasteiger partial charge in [-0.25, -0.2) is 8.42 Å². The van der Waals surface area contributed by atoms with E-state index in [4.69, 9.17) is 5.73 Å². The molecule has 2 aromatic carbocycles. The summed E-state index contributed by atoms with van der Waals surface area (Å²) in [6.45, 7) is 2.43. The normalized spacial score (nSPS) is 14.8. The van der Waals surface area contributed by atoms with Crippen LogP contribution in [0, 0.1) is 6.92 Å². The van der Waals surface area contributed by atoms with Gasteiger partial charge in [0.15, 0.2) is 0 Å². The Labute approximate surface area is 125 Å². The van der Waals surface area contributed by atoms with E-state index in [9.17, 15) is 8.42 Å². The van der Waals surface area contributed by atoms with Gasteiger partial charge in [0, 0.05) is 12.2 Å². The zero-order valence-electron chi connectivity index (χ0n) is 11.9. The van der Waals surface area contributed by atoms with Crippen molar-refractivity contribution in [1.29, 1.82) is 0 Å². The van der Waals surface area contributed by atoms with Crippen LogP contribution in [0.1, 0.15) is 17.5 Å². The molecule has 0 radical (unpaired) electrons. The second kappa shape index (κ2) is 5.07. The summed E-state index contributed by atoms with van der Waals surface area (Å²) in [7, 11) is -3.53. The van der Waals surface area contributed by atoms with Crippen molar-refractivity contribution in [3.8, 4) is 0 Å². The topological polar surface area (TPSA) is 63.4 Å². The summed E-state index contributed by atoms with van der Waals surface area (Å²) in [5.41, 5.74) is 9.19. The Hall–Kier alpha value is -2.01. The molecule has 5 heteroatoms. The van der Waals surface area contributed by atoms with E-state index in [1.54, 1.807) is 18.2 Å². The van der Waals surface area contributed by atoms with Crippen molar-refractivity contribution in [3.63, 3.8) is 0 Å². The highest BCUT2D eigenvalue weighted by Gasteiger charge is 2.29. The lowest BCUT2D eigenvalue weighted by molar-refractivity contribution is 0.586. The van der Waals surface area contributed by atoms with Gasteiger partial charge < -0.3 is 5.73 Å². The third-order valence-electron chi connectivity index (χ3n) is 3.79. The summed E-state index contributed by atoms with van der Waals surface area (Å²) in [4.78, 5) is 0.323. The molecule has 21 heavy (non-hydrogen) atoms. The summed E-state index contributed by atoms with van der Waals surface area (Å²) in [6, 6.07) is 12.4. The van der Waals surface area contributed by atoms with Crippen LogP contribution in [-0.4, -0.2) is 15.0 Å². The number of rotatable bonds is 2. The largest absolute Gasteiger partial charge is 0.399 e. The Morgan fingerprint density at radius 2 is 1.81 bits per heavy atom. The van der Waals surface area contributed by atoms with Crippen molar-refractivity contribution in [2.45, 2.75) is 24.7 Å². The average Bonchev–Trinajstić information content (AvgIpc) is 2.47. The SMILES string of the molecule is Cc1ccc(S(=O)(=O)N2CCCc3ccc(N)cc32)cc1. The highest BCUT2D eigenvalue weighted by Crippen LogP contribution is 2.33. The highest BCUT2D eigenvalue weighted by molar-refractivity contribution is 7.92. The summed E-state index contributed by atoms with van der Waals surface area (Å²) in [5, 5.41) is 0. The van der Waals surface area contributed by atoms with Crippen molar-refractivity contribution < 1.29 is 8.42 Å². The zero-order chi connectivity index (χ0) is 15.0. The molecule has 1 aliphatic heterocycles. The molecule has 0 amide bonds. The third-order valence-corrected chi connectivity index (χ3v) is 5.62. The van der Waals surface area contributed by atoms with E-state index in [2.05, 4.69) is 0 Å². The first kappa shape index (κ1) is 13.9. The minimum absolute atomic E-state index is 0.323. The fraction of sp³-hybridized carbons (Fsp3) is 0.250. The Bertz CT molecular complexity index is 767. The number of hydrogen-bond donors (Lipinski definition) is 1. The molecule has 0 fully saturated rings. The number of nitrogens with zero attached hydrogens (tertiary/aromatic N) is 1. The van der Waals surface area contributed by atoms with Gasteiger partial charge in [0.25, 0.3) is 10.0 Å². The average molecular weight is 302 g/mol. The van der Waals surface area contributed by atoms with Crippen molar-refractivity contribution in [3.05, 3.63) is 53.6 Å². The fourth-order valence-corrected chi connectivity index (χ4v) is 4.18. The number of fused-ring (bicyclic) bond motifs is 1. The van der Waals surface area contributed by atoms with Crippen LogP contribution in [0.15, 0.2) is 47.4 Å². The van der Waals surface area contributed by atoms with E-state index in [-0.39, 0.29) is 0 Å². The van der Waals surface area contributed by atoms with Crippen molar-refractivity contribution >= 4 is 21.4 Å². The molecule has 0 bridgehead atoms.